The molecule has 2 aromatic rings. The molecule has 0 unspecified atom stereocenters. The van der Waals surface area contributed by atoms with Crippen LogP contribution in [-0.2, 0) is 20.7 Å². The highest BCUT2D eigenvalue weighted by molar-refractivity contribution is 7.80. The first-order valence-electron chi connectivity index (χ1n) is 8.41. The SMILES string of the molecule is COC(=O)c1cc(NC(=S)NC(=O)Cc2ccc(OC)cc2)cc(C(=O)OC)c1. The largest absolute Gasteiger partial charge is 0.497 e. The molecular weight excluding hydrogens is 396 g/mol. The molecule has 2 rings (SSSR count). The summed E-state index contributed by atoms with van der Waals surface area (Å²) >= 11 is 5.15. The normalized spacial score (nSPS) is 9.90. The Bertz CT molecular complexity index is 893. The standard InChI is InChI=1S/C20H20N2O6S/c1-26-16-6-4-12(5-7-16)8-17(23)22-20(29)21-15-10-13(18(24)27-2)9-14(11-15)19(25)28-3/h4-7,9-11H,8H2,1-3H3,(H2,21,22,23,29). The summed E-state index contributed by atoms with van der Waals surface area (Å²) in [6, 6.07) is 11.3. The van der Waals surface area contributed by atoms with E-state index in [4.69, 9.17) is 17.0 Å². The van der Waals surface area contributed by atoms with E-state index in [-0.39, 0.29) is 28.6 Å². The number of nitrogens with one attached hydrogen (secondary N) is 2. The van der Waals surface area contributed by atoms with Crippen LogP contribution in [0.1, 0.15) is 26.3 Å². The van der Waals surface area contributed by atoms with Crippen molar-refractivity contribution in [2.75, 3.05) is 26.6 Å². The van der Waals surface area contributed by atoms with Crippen molar-refractivity contribution in [3.63, 3.8) is 0 Å². The Kier molecular flexibility index (Phi) is 7.67. The van der Waals surface area contributed by atoms with Crippen molar-refractivity contribution in [1.29, 1.82) is 0 Å². The fourth-order valence-corrected chi connectivity index (χ4v) is 2.66. The number of carbonyl (C=O) groups excluding carboxylic acids is 3. The number of rotatable bonds is 6. The first-order chi connectivity index (χ1) is 13.9. The van der Waals surface area contributed by atoms with E-state index in [1.807, 2.05) is 0 Å². The molecule has 0 aliphatic rings. The molecule has 0 aromatic heterocycles. The van der Waals surface area contributed by atoms with Gasteiger partial charge in [-0.3, -0.25) is 4.79 Å². The summed E-state index contributed by atoms with van der Waals surface area (Å²) in [4.78, 5) is 35.8. The topological polar surface area (TPSA) is 103 Å². The van der Waals surface area contributed by atoms with Crippen molar-refractivity contribution in [2.24, 2.45) is 0 Å². The third-order valence-corrected chi connectivity index (χ3v) is 4.01. The summed E-state index contributed by atoms with van der Waals surface area (Å²) in [6.07, 6.45) is 0.113. The van der Waals surface area contributed by atoms with Crippen LogP contribution in [-0.4, -0.2) is 44.3 Å². The second kappa shape index (κ2) is 10.2. The minimum Gasteiger partial charge on any atom is -0.497 e. The van der Waals surface area contributed by atoms with Gasteiger partial charge in [0.15, 0.2) is 5.11 Å². The van der Waals surface area contributed by atoms with E-state index >= 15 is 0 Å². The Balaban J connectivity index is 2.07. The van der Waals surface area contributed by atoms with Gasteiger partial charge in [-0.2, -0.15) is 0 Å². The monoisotopic (exact) mass is 416 g/mol. The third-order valence-electron chi connectivity index (χ3n) is 3.81. The zero-order valence-electron chi connectivity index (χ0n) is 16.1. The molecule has 0 saturated carbocycles. The first-order valence-corrected chi connectivity index (χ1v) is 8.82. The summed E-state index contributed by atoms with van der Waals surface area (Å²) in [5, 5.41) is 5.34. The molecule has 0 aliphatic heterocycles. The molecule has 0 spiro atoms. The molecule has 29 heavy (non-hydrogen) atoms. The minimum atomic E-state index is -0.631. The van der Waals surface area contributed by atoms with Crippen molar-refractivity contribution in [2.45, 2.75) is 6.42 Å². The predicted molar refractivity (Wildman–Crippen MR) is 110 cm³/mol. The minimum absolute atomic E-state index is 0.0151. The van der Waals surface area contributed by atoms with Crippen LogP contribution < -0.4 is 15.4 Å². The number of anilines is 1. The Hall–Kier alpha value is -3.46. The van der Waals surface area contributed by atoms with Crippen molar-refractivity contribution in [3.05, 3.63) is 59.2 Å². The maximum absolute atomic E-state index is 12.2. The summed E-state index contributed by atoms with van der Waals surface area (Å²) < 4.78 is 14.4. The molecule has 2 aromatic carbocycles. The van der Waals surface area contributed by atoms with Gasteiger partial charge in [-0.1, -0.05) is 12.1 Å². The predicted octanol–water partition coefficient (Wildman–Crippen LogP) is 2.32. The first kappa shape index (κ1) is 21.8. The lowest BCUT2D eigenvalue weighted by Gasteiger charge is -2.12. The summed E-state index contributed by atoms with van der Waals surface area (Å²) in [5.41, 5.74) is 1.37. The van der Waals surface area contributed by atoms with E-state index in [0.29, 0.717) is 11.4 Å². The molecule has 9 heteroatoms. The second-order valence-corrected chi connectivity index (χ2v) is 6.22. The lowest BCUT2D eigenvalue weighted by atomic mass is 10.1. The van der Waals surface area contributed by atoms with Crippen LogP contribution in [0.15, 0.2) is 42.5 Å². The highest BCUT2D eigenvalue weighted by Gasteiger charge is 2.15. The maximum Gasteiger partial charge on any atom is 0.337 e. The summed E-state index contributed by atoms with van der Waals surface area (Å²) in [7, 11) is 4.02. The smallest absolute Gasteiger partial charge is 0.337 e. The fourth-order valence-electron chi connectivity index (χ4n) is 2.43. The van der Waals surface area contributed by atoms with Crippen molar-refractivity contribution in [1.82, 2.24) is 5.32 Å². The molecule has 1 amide bonds. The second-order valence-electron chi connectivity index (χ2n) is 5.81. The lowest BCUT2D eigenvalue weighted by molar-refractivity contribution is -0.119. The molecule has 152 valence electrons. The van der Waals surface area contributed by atoms with Gasteiger partial charge in [0.1, 0.15) is 5.75 Å². The van der Waals surface area contributed by atoms with Crippen LogP contribution in [0.2, 0.25) is 0 Å². The molecule has 2 N–H and O–H groups in total. The van der Waals surface area contributed by atoms with E-state index in [2.05, 4.69) is 20.1 Å². The fraction of sp³-hybridized carbons (Fsp3) is 0.200. The van der Waals surface area contributed by atoms with E-state index in [1.54, 1.807) is 31.4 Å². The van der Waals surface area contributed by atoms with Crippen LogP contribution >= 0.6 is 12.2 Å². The zero-order chi connectivity index (χ0) is 21.4. The molecule has 8 nitrogen and oxygen atoms in total. The van der Waals surface area contributed by atoms with E-state index in [1.165, 1.54) is 32.4 Å². The van der Waals surface area contributed by atoms with Crippen LogP contribution in [0.4, 0.5) is 5.69 Å². The van der Waals surface area contributed by atoms with Gasteiger partial charge in [-0.25, -0.2) is 9.59 Å². The Morgan fingerprint density at radius 3 is 1.93 bits per heavy atom. The summed E-state index contributed by atoms with van der Waals surface area (Å²) in [5.74, 6) is -0.898. The van der Waals surface area contributed by atoms with Gasteiger partial charge in [0.05, 0.1) is 38.9 Å². The molecule has 0 saturated heterocycles. The van der Waals surface area contributed by atoms with Crippen LogP contribution in [0, 0.1) is 0 Å². The number of benzene rings is 2. The molecule has 0 aliphatic carbocycles. The molecule has 0 heterocycles. The van der Waals surface area contributed by atoms with E-state index in [9.17, 15) is 14.4 Å². The third kappa shape index (κ3) is 6.28. The van der Waals surface area contributed by atoms with E-state index < -0.39 is 11.9 Å². The average molecular weight is 416 g/mol. The van der Waals surface area contributed by atoms with E-state index in [0.717, 1.165) is 5.56 Å². The number of amides is 1. The quantitative estimate of drug-likeness (QED) is 0.546. The van der Waals surface area contributed by atoms with Crippen molar-refractivity contribution >= 4 is 40.9 Å². The van der Waals surface area contributed by atoms with Gasteiger partial charge < -0.3 is 24.8 Å². The Labute approximate surface area is 173 Å². The zero-order valence-corrected chi connectivity index (χ0v) is 16.9. The molecular formula is C20H20N2O6S. The molecule has 0 bridgehead atoms. The van der Waals surface area contributed by atoms with Crippen molar-refractivity contribution in [3.8, 4) is 5.75 Å². The Morgan fingerprint density at radius 2 is 1.45 bits per heavy atom. The number of thiocarbonyl (C=S) groups is 1. The Morgan fingerprint density at radius 1 is 0.897 bits per heavy atom. The molecule has 0 fully saturated rings. The highest BCUT2D eigenvalue weighted by atomic mass is 32.1. The van der Waals surface area contributed by atoms with Gasteiger partial charge >= 0.3 is 11.9 Å². The molecule has 0 radical (unpaired) electrons. The van der Waals surface area contributed by atoms with Gasteiger partial charge in [0.25, 0.3) is 0 Å². The van der Waals surface area contributed by atoms with Gasteiger partial charge in [0, 0.05) is 5.69 Å². The van der Waals surface area contributed by atoms with Gasteiger partial charge in [-0.15, -0.1) is 0 Å². The van der Waals surface area contributed by atoms with Crippen LogP contribution in [0.5, 0.6) is 5.75 Å². The average Bonchev–Trinajstić information content (AvgIpc) is 2.72. The number of esters is 2. The van der Waals surface area contributed by atoms with Crippen LogP contribution in [0.25, 0.3) is 0 Å². The number of methoxy groups -OCH3 is 3. The maximum atomic E-state index is 12.2. The number of hydrogen-bond donors (Lipinski definition) is 2. The lowest BCUT2D eigenvalue weighted by Crippen LogP contribution is -2.35. The number of carbonyl (C=O) groups is 3. The van der Waals surface area contributed by atoms with Crippen LogP contribution in [0.3, 0.4) is 0 Å². The van der Waals surface area contributed by atoms with Gasteiger partial charge in [0.2, 0.25) is 5.91 Å². The number of hydrogen-bond acceptors (Lipinski definition) is 7. The van der Waals surface area contributed by atoms with Gasteiger partial charge in [-0.05, 0) is 48.1 Å². The van der Waals surface area contributed by atoms with Crippen molar-refractivity contribution < 1.29 is 28.6 Å². The highest BCUT2D eigenvalue weighted by Crippen LogP contribution is 2.17. The number of ether oxygens (including phenoxy) is 3. The molecule has 0 atom stereocenters. The summed E-state index contributed by atoms with van der Waals surface area (Å²) in [6.45, 7) is 0.